The summed E-state index contributed by atoms with van der Waals surface area (Å²) in [7, 11) is 0. The largest absolute Gasteiger partial charge is 0.481 e. The van der Waals surface area contributed by atoms with Crippen LogP contribution in [-0.4, -0.2) is 67.4 Å². The minimum atomic E-state index is -0.898. The lowest BCUT2D eigenvalue weighted by Gasteiger charge is -2.33. The molecular weight excluding hydrogens is 286 g/mol. The van der Waals surface area contributed by atoms with Gasteiger partial charge in [-0.15, -0.1) is 0 Å². The molecule has 3 N–H and O–H groups in total. The zero-order valence-corrected chi connectivity index (χ0v) is 13.1. The van der Waals surface area contributed by atoms with E-state index in [1.807, 2.05) is 0 Å². The van der Waals surface area contributed by atoms with E-state index in [4.69, 9.17) is 9.84 Å². The van der Waals surface area contributed by atoms with Gasteiger partial charge in [0.1, 0.15) is 0 Å². The van der Waals surface area contributed by atoms with E-state index in [0.717, 1.165) is 32.5 Å². The number of carbonyl (C=O) groups is 2. The number of carbonyl (C=O) groups excluding carboxylic acids is 1. The van der Waals surface area contributed by atoms with Gasteiger partial charge in [-0.2, -0.15) is 0 Å². The summed E-state index contributed by atoms with van der Waals surface area (Å²) >= 11 is 0. The molecule has 0 bridgehead atoms. The number of carboxylic acids is 1. The highest BCUT2D eigenvalue weighted by molar-refractivity contribution is 5.75. The van der Waals surface area contributed by atoms with Crippen LogP contribution in [0.5, 0.6) is 0 Å². The summed E-state index contributed by atoms with van der Waals surface area (Å²) < 4.78 is 6.00. The zero-order chi connectivity index (χ0) is 15.8. The van der Waals surface area contributed by atoms with Crippen LogP contribution in [0.3, 0.4) is 0 Å². The first-order valence-corrected chi connectivity index (χ1v) is 8.22. The SMILES string of the molecule is O=C(O)CCNC(=O)N1CCC(OCC2CCNCC2)CC1. The van der Waals surface area contributed by atoms with E-state index < -0.39 is 5.97 Å². The lowest BCUT2D eigenvalue weighted by atomic mass is 9.99. The fraction of sp³-hybridized carbons (Fsp3) is 0.867. The average Bonchev–Trinajstić information content (AvgIpc) is 2.54. The number of aliphatic carboxylic acids is 1. The number of nitrogens with one attached hydrogen (secondary N) is 2. The standard InChI is InChI=1S/C15H27N3O4/c19-14(20)3-8-17-15(21)18-9-4-13(5-10-18)22-11-12-1-6-16-7-2-12/h12-13,16H,1-11H2,(H,17,21)(H,19,20). The smallest absolute Gasteiger partial charge is 0.317 e. The number of rotatable bonds is 6. The number of carboxylic acid groups (broad SMARTS) is 1. The molecule has 7 heteroatoms. The molecular formula is C15H27N3O4. The Labute approximate surface area is 131 Å². The van der Waals surface area contributed by atoms with Gasteiger partial charge >= 0.3 is 12.0 Å². The molecule has 2 rings (SSSR count). The molecule has 2 amide bonds. The highest BCUT2D eigenvalue weighted by atomic mass is 16.5. The zero-order valence-electron chi connectivity index (χ0n) is 13.1. The molecule has 0 atom stereocenters. The Morgan fingerprint density at radius 1 is 1.18 bits per heavy atom. The molecule has 0 unspecified atom stereocenters. The van der Waals surface area contributed by atoms with E-state index >= 15 is 0 Å². The molecule has 0 aromatic carbocycles. The number of urea groups is 1. The number of piperidine rings is 2. The molecule has 2 heterocycles. The highest BCUT2D eigenvalue weighted by Crippen LogP contribution is 2.18. The number of amides is 2. The Kier molecular flexibility index (Phi) is 6.92. The predicted molar refractivity (Wildman–Crippen MR) is 81.8 cm³/mol. The van der Waals surface area contributed by atoms with E-state index in [1.165, 1.54) is 12.8 Å². The first-order valence-electron chi connectivity index (χ1n) is 8.22. The van der Waals surface area contributed by atoms with Gasteiger partial charge in [0.2, 0.25) is 0 Å². The molecule has 22 heavy (non-hydrogen) atoms. The van der Waals surface area contributed by atoms with Gasteiger partial charge in [0.15, 0.2) is 0 Å². The molecule has 2 saturated heterocycles. The summed E-state index contributed by atoms with van der Waals surface area (Å²) in [6.07, 6.45) is 4.30. The maximum absolute atomic E-state index is 11.9. The number of likely N-dealkylation sites (tertiary alicyclic amines) is 1. The third kappa shape index (κ3) is 5.81. The minimum absolute atomic E-state index is 0.0401. The monoisotopic (exact) mass is 313 g/mol. The van der Waals surface area contributed by atoms with Gasteiger partial charge in [-0.1, -0.05) is 0 Å². The lowest BCUT2D eigenvalue weighted by Crippen LogP contribution is -2.46. The second kappa shape index (κ2) is 8.95. The second-order valence-electron chi connectivity index (χ2n) is 6.09. The molecule has 2 aliphatic heterocycles. The molecule has 2 fully saturated rings. The van der Waals surface area contributed by atoms with Crippen molar-refractivity contribution in [1.82, 2.24) is 15.5 Å². The van der Waals surface area contributed by atoms with Crippen molar-refractivity contribution in [2.45, 2.75) is 38.2 Å². The van der Waals surface area contributed by atoms with Crippen LogP contribution in [0.1, 0.15) is 32.1 Å². The summed E-state index contributed by atoms with van der Waals surface area (Å²) in [5, 5.41) is 14.5. The van der Waals surface area contributed by atoms with Crippen molar-refractivity contribution in [3.63, 3.8) is 0 Å². The molecule has 126 valence electrons. The maximum Gasteiger partial charge on any atom is 0.317 e. The third-order valence-electron chi connectivity index (χ3n) is 4.37. The van der Waals surface area contributed by atoms with Crippen LogP contribution in [0.4, 0.5) is 4.79 Å². The van der Waals surface area contributed by atoms with E-state index in [2.05, 4.69) is 10.6 Å². The highest BCUT2D eigenvalue weighted by Gasteiger charge is 2.24. The Morgan fingerprint density at radius 2 is 1.86 bits per heavy atom. The van der Waals surface area contributed by atoms with Crippen LogP contribution in [-0.2, 0) is 9.53 Å². The predicted octanol–water partition coefficient (Wildman–Crippen LogP) is 0.651. The number of nitrogens with zero attached hydrogens (tertiary/aromatic N) is 1. The summed E-state index contributed by atoms with van der Waals surface area (Å²) in [4.78, 5) is 24.0. The Bertz CT molecular complexity index is 364. The Morgan fingerprint density at radius 3 is 2.50 bits per heavy atom. The van der Waals surface area contributed by atoms with Gasteiger partial charge in [-0.3, -0.25) is 4.79 Å². The molecule has 2 aliphatic rings. The topological polar surface area (TPSA) is 90.9 Å². The summed E-state index contributed by atoms with van der Waals surface area (Å²) in [5.41, 5.74) is 0. The van der Waals surface area contributed by atoms with Crippen molar-refractivity contribution in [3.8, 4) is 0 Å². The van der Waals surface area contributed by atoms with E-state index in [1.54, 1.807) is 4.90 Å². The molecule has 0 aromatic heterocycles. The molecule has 0 spiro atoms. The Hall–Kier alpha value is -1.34. The van der Waals surface area contributed by atoms with Crippen molar-refractivity contribution in [2.75, 3.05) is 39.3 Å². The van der Waals surface area contributed by atoms with Crippen molar-refractivity contribution >= 4 is 12.0 Å². The lowest BCUT2D eigenvalue weighted by molar-refractivity contribution is -0.136. The third-order valence-corrected chi connectivity index (χ3v) is 4.37. The fourth-order valence-electron chi connectivity index (χ4n) is 2.93. The van der Waals surface area contributed by atoms with Crippen LogP contribution < -0.4 is 10.6 Å². The van der Waals surface area contributed by atoms with Gasteiger partial charge in [0.05, 0.1) is 12.5 Å². The number of ether oxygens (including phenoxy) is 1. The van der Waals surface area contributed by atoms with Crippen LogP contribution in [0, 0.1) is 5.92 Å². The van der Waals surface area contributed by atoms with Gasteiger partial charge in [-0.05, 0) is 44.7 Å². The quantitative estimate of drug-likeness (QED) is 0.670. The summed E-state index contributed by atoms with van der Waals surface area (Å²) in [6.45, 7) is 4.54. The van der Waals surface area contributed by atoms with Gasteiger partial charge in [-0.25, -0.2) is 4.79 Å². The van der Waals surface area contributed by atoms with E-state index in [0.29, 0.717) is 19.0 Å². The molecule has 0 saturated carbocycles. The van der Waals surface area contributed by atoms with Crippen molar-refractivity contribution in [2.24, 2.45) is 5.92 Å². The molecule has 0 aliphatic carbocycles. The minimum Gasteiger partial charge on any atom is -0.481 e. The van der Waals surface area contributed by atoms with Gasteiger partial charge < -0.3 is 25.4 Å². The fourth-order valence-corrected chi connectivity index (χ4v) is 2.93. The van der Waals surface area contributed by atoms with Crippen LogP contribution >= 0.6 is 0 Å². The van der Waals surface area contributed by atoms with Crippen LogP contribution in [0.25, 0.3) is 0 Å². The molecule has 0 aromatic rings. The average molecular weight is 313 g/mol. The first kappa shape index (κ1) is 17.0. The first-order chi connectivity index (χ1) is 10.6. The van der Waals surface area contributed by atoms with Crippen LogP contribution in [0.15, 0.2) is 0 Å². The van der Waals surface area contributed by atoms with Crippen LogP contribution in [0.2, 0.25) is 0 Å². The summed E-state index contributed by atoms with van der Waals surface area (Å²) in [5.74, 6) is -0.232. The number of hydrogen-bond acceptors (Lipinski definition) is 4. The Balaban J connectivity index is 1.58. The van der Waals surface area contributed by atoms with Crippen molar-refractivity contribution in [1.29, 1.82) is 0 Å². The van der Waals surface area contributed by atoms with E-state index in [-0.39, 0.29) is 25.1 Å². The van der Waals surface area contributed by atoms with Gasteiger partial charge in [0.25, 0.3) is 0 Å². The summed E-state index contributed by atoms with van der Waals surface area (Å²) in [6, 6.07) is -0.168. The maximum atomic E-state index is 11.9. The van der Waals surface area contributed by atoms with Crippen molar-refractivity contribution < 1.29 is 19.4 Å². The van der Waals surface area contributed by atoms with Gasteiger partial charge in [0, 0.05) is 26.2 Å². The molecule has 0 radical (unpaired) electrons. The molecule has 7 nitrogen and oxygen atoms in total. The number of hydrogen-bond donors (Lipinski definition) is 3. The normalized spacial score (nSPS) is 20.8. The van der Waals surface area contributed by atoms with E-state index in [9.17, 15) is 9.59 Å². The second-order valence-corrected chi connectivity index (χ2v) is 6.09. The van der Waals surface area contributed by atoms with Crippen molar-refractivity contribution in [3.05, 3.63) is 0 Å².